The van der Waals surface area contributed by atoms with E-state index in [1.807, 2.05) is 12.1 Å². The molecular formula is C21H24ClN3O2S. The third-order valence-electron chi connectivity index (χ3n) is 4.60. The normalized spacial score (nSPS) is 19.5. The Hall–Kier alpha value is -2.05. The highest BCUT2D eigenvalue weighted by atomic mass is 35.5. The van der Waals surface area contributed by atoms with E-state index in [-0.39, 0.29) is 22.6 Å². The third kappa shape index (κ3) is 4.50. The molecule has 1 saturated heterocycles. The Morgan fingerprint density at radius 1 is 1.21 bits per heavy atom. The summed E-state index contributed by atoms with van der Waals surface area (Å²) in [5.41, 5.74) is 1.21. The Bertz CT molecular complexity index is 854. The van der Waals surface area contributed by atoms with Crippen molar-refractivity contribution < 1.29 is 9.59 Å². The maximum absolute atomic E-state index is 13.4. The lowest BCUT2D eigenvalue weighted by Gasteiger charge is -2.36. The van der Waals surface area contributed by atoms with Crippen molar-refractivity contribution in [2.24, 2.45) is 5.41 Å². The molecule has 7 heteroatoms. The molecule has 1 fully saturated rings. The lowest BCUT2D eigenvalue weighted by atomic mass is 9.94. The summed E-state index contributed by atoms with van der Waals surface area (Å²) in [5, 5.41) is 3.24. The fraction of sp³-hybridized carbons (Fsp3) is 0.381. The van der Waals surface area contributed by atoms with Crippen molar-refractivity contribution in [1.82, 2.24) is 15.2 Å². The number of carbonyl (C=O) groups is 2. The Labute approximate surface area is 174 Å². The van der Waals surface area contributed by atoms with Gasteiger partial charge in [0.2, 0.25) is 5.91 Å². The molecule has 1 aromatic carbocycles. The van der Waals surface area contributed by atoms with Crippen LogP contribution in [0.25, 0.3) is 0 Å². The van der Waals surface area contributed by atoms with Crippen LogP contribution in [-0.2, 0) is 11.3 Å². The summed E-state index contributed by atoms with van der Waals surface area (Å²) in [4.78, 5) is 32.0. The molecule has 0 spiro atoms. The highest BCUT2D eigenvalue weighted by molar-refractivity contribution is 8.00. The van der Waals surface area contributed by atoms with Crippen molar-refractivity contribution in [2.75, 3.05) is 5.75 Å². The molecule has 0 saturated carbocycles. The van der Waals surface area contributed by atoms with Crippen molar-refractivity contribution in [1.29, 1.82) is 0 Å². The second-order valence-electron chi connectivity index (χ2n) is 7.83. The topological polar surface area (TPSA) is 62.3 Å². The number of pyridine rings is 1. The predicted molar refractivity (Wildman–Crippen MR) is 113 cm³/mol. The number of thioether (sulfide) groups is 1. The monoisotopic (exact) mass is 417 g/mol. The molecule has 2 heterocycles. The number of halogens is 1. The predicted octanol–water partition coefficient (Wildman–Crippen LogP) is 3.98. The number of hydrogen-bond acceptors (Lipinski definition) is 4. The molecule has 1 N–H and O–H groups in total. The first-order chi connectivity index (χ1) is 13.3. The zero-order valence-corrected chi connectivity index (χ0v) is 17.8. The highest BCUT2D eigenvalue weighted by Gasteiger charge is 2.46. The summed E-state index contributed by atoms with van der Waals surface area (Å²) in [6.45, 7) is 6.63. The molecule has 5 nitrogen and oxygen atoms in total. The minimum absolute atomic E-state index is 0.118. The molecular weight excluding hydrogens is 394 g/mol. The number of carbonyl (C=O) groups excluding carboxylic acids is 2. The van der Waals surface area contributed by atoms with Gasteiger partial charge in [0.05, 0.1) is 16.0 Å². The first-order valence-corrected chi connectivity index (χ1v) is 10.6. The summed E-state index contributed by atoms with van der Waals surface area (Å²) in [6, 6.07) is 10.1. The number of aromatic nitrogens is 1. The summed E-state index contributed by atoms with van der Waals surface area (Å²) in [5.74, 6) is 0.191. The molecule has 1 aliphatic heterocycles. The van der Waals surface area contributed by atoms with E-state index >= 15 is 0 Å². The number of nitrogens with zero attached hydrogens (tertiary/aromatic N) is 2. The van der Waals surface area contributed by atoms with Gasteiger partial charge in [0, 0.05) is 24.7 Å². The SMILES string of the molecule is CC(C)(C)C1SCC(C(=O)NCc2ccncc2)N1C(=O)c1ccccc1Cl. The molecule has 2 atom stereocenters. The van der Waals surface area contributed by atoms with Crippen molar-refractivity contribution in [3.8, 4) is 0 Å². The Morgan fingerprint density at radius 3 is 2.54 bits per heavy atom. The second-order valence-corrected chi connectivity index (χ2v) is 9.35. The summed E-state index contributed by atoms with van der Waals surface area (Å²) >= 11 is 7.90. The zero-order chi connectivity index (χ0) is 20.3. The van der Waals surface area contributed by atoms with Gasteiger partial charge >= 0.3 is 0 Å². The molecule has 2 aromatic rings. The molecule has 3 rings (SSSR count). The zero-order valence-electron chi connectivity index (χ0n) is 16.2. The van der Waals surface area contributed by atoms with Gasteiger partial charge in [0.1, 0.15) is 6.04 Å². The van der Waals surface area contributed by atoms with Gasteiger partial charge in [-0.1, -0.05) is 44.5 Å². The maximum atomic E-state index is 13.4. The standard InChI is InChI=1S/C21H24ClN3O2S/c1-21(2,3)20-25(19(27)15-6-4-5-7-16(15)22)17(13-28-20)18(26)24-12-14-8-10-23-11-9-14/h4-11,17,20H,12-13H2,1-3H3,(H,24,26). The molecule has 28 heavy (non-hydrogen) atoms. The quantitative estimate of drug-likeness (QED) is 0.817. The van der Waals surface area contributed by atoms with Crippen LogP contribution < -0.4 is 5.32 Å². The average molecular weight is 418 g/mol. The van der Waals surface area contributed by atoms with Crippen LogP contribution in [0.3, 0.4) is 0 Å². The van der Waals surface area contributed by atoms with Crippen molar-refractivity contribution in [2.45, 2.75) is 38.7 Å². The molecule has 148 valence electrons. The van der Waals surface area contributed by atoms with Gasteiger partial charge in [0.25, 0.3) is 5.91 Å². The van der Waals surface area contributed by atoms with Gasteiger partial charge in [0.15, 0.2) is 0 Å². The molecule has 1 aromatic heterocycles. The lowest BCUT2D eigenvalue weighted by molar-refractivity contribution is -0.125. The minimum atomic E-state index is -0.542. The van der Waals surface area contributed by atoms with E-state index < -0.39 is 6.04 Å². The average Bonchev–Trinajstić information content (AvgIpc) is 3.12. The molecule has 1 aliphatic rings. The van der Waals surface area contributed by atoms with E-state index in [1.165, 1.54) is 0 Å². The molecule has 2 unspecified atom stereocenters. The van der Waals surface area contributed by atoms with E-state index in [0.29, 0.717) is 22.9 Å². The van der Waals surface area contributed by atoms with E-state index in [9.17, 15) is 9.59 Å². The molecule has 0 bridgehead atoms. The van der Waals surface area contributed by atoms with Crippen LogP contribution in [0.5, 0.6) is 0 Å². The number of rotatable bonds is 4. The number of nitrogens with one attached hydrogen (secondary N) is 1. The fourth-order valence-electron chi connectivity index (χ4n) is 3.20. The molecule has 0 aliphatic carbocycles. The van der Waals surface area contributed by atoms with E-state index in [2.05, 4.69) is 31.1 Å². The fourth-order valence-corrected chi connectivity index (χ4v) is 5.00. The maximum Gasteiger partial charge on any atom is 0.256 e. The number of hydrogen-bond donors (Lipinski definition) is 1. The smallest absolute Gasteiger partial charge is 0.256 e. The summed E-state index contributed by atoms with van der Waals surface area (Å²) in [7, 11) is 0. The summed E-state index contributed by atoms with van der Waals surface area (Å²) < 4.78 is 0. The van der Waals surface area contributed by atoms with Gasteiger partial charge in [-0.25, -0.2) is 0 Å². The van der Waals surface area contributed by atoms with E-state index in [4.69, 9.17) is 11.6 Å². The van der Waals surface area contributed by atoms with Crippen LogP contribution in [0.4, 0.5) is 0 Å². The Balaban J connectivity index is 1.83. The van der Waals surface area contributed by atoms with Crippen LogP contribution >= 0.6 is 23.4 Å². The van der Waals surface area contributed by atoms with Gasteiger partial charge in [-0.3, -0.25) is 14.6 Å². The van der Waals surface area contributed by atoms with Crippen LogP contribution in [0.1, 0.15) is 36.7 Å². The summed E-state index contributed by atoms with van der Waals surface area (Å²) in [6.07, 6.45) is 3.38. The lowest BCUT2D eigenvalue weighted by Crippen LogP contribution is -2.52. The van der Waals surface area contributed by atoms with Crippen LogP contribution in [-0.4, -0.2) is 38.9 Å². The highest BCUT2D eigenvalue weighted by Crippen LogP contribution is 2.41. The van der Waals surface area contributed by atoms with Gasteiger partial charge in [-0.15, -0.1) is 11.8 Å². The minimum Gasteiger partial charge on any atom is -0.350 e. The van der Waals surface area contributed by atoms with E-state index in [1.54, 1.807) is 53.3 Å². The van der Waals surface area contributed by atoms with Crippen molar-refractivity contribution in [3.63, 3.8) is 0 Å². The van der Waals surface area contributed by atoms with Crippen molar-refractivity contribution >= 4 is 35.2 Å². The Morgan fingerprint density at radius 2 is 1.89 bits per heavy atom. The van der Waals surface area contributed by atoms with Gasteiger partial charge < -0.3 is 10.2 Å². The van der Waals surface area contributed by atoms with Crippen LogP contribution in [0.15, 0.2) is 48.8 Å². The van der Waals surface area contributed by atoms with Crippen LogP contribution in [0.2, 0.25) is 5.02 Å². The largest absolute Gasteiger partial charge is 0.350 e. The van der Waals surface area contributed by atoms with Gasteiger partial charge in [-0.05, 0) is 35.2 Å². The van der Waals surface area contributed by atoms with E-state index in [0.717, 1.165) is 5.56 Å². The number of benzene rings is 1. The van der Waals surface area contributed by atoms with Gasteiger partial charge in [-0.2, -0.15) is 0 Å². The third-order valence-corrected chi connectivity index (χ3v) is 6.69. The number of amides is 2. The molecule has 0 radical (unpaired) electrons. The van der Waals surface area contributed by atoms with Crippen LogP contribution in [0, 0.1) is 5.41 Å². The molecule has 2 amide bonds. The Kier molecular flexibility index (Phi) is 6.30. The first-order valence-electron chi connectivity index (χ1n) is 9.14. The second kappa shape index (κ2) is 8.53. The van der Waals surface area contributed by atoms with Crippen molar-refractivity contribution in [3.05, 3.63) is 64.9 Å². The first kappa shape index (κ1) is 20.7.